The smallest absolute Gasteiger partial charge is 0.260 e. The van der Waals surface area contributed by atoms with Gasteiger partial charge in [0.15, 0.2) is 0 Å². The molecule has 8 heteroatoms. The van der Waals surface area contributed by atoms with E-state index in [0.717, 1.165) is 24.3 Å². The molecule has 0 aliphatic carbocycles. The first-order chi connectivity index (χ1) is 13.9. The first-order valence-corrected chi connectivity index (χ1v) is 10.0. The lowest BCUT2D eigenvalue weighted by atomic mass is 9.94. The molecule has 1 aromatic carbocycles. The average molecular weight is 399 g/mol. The Hall–Kier alpha value is -2.71. The maximum Gasteiger partial charge on any atom is 0.260 e. The lowest BCUT2D eigenvalue weighted by Crippen LogP contribution is -2.50. The van der Waals surface area contributed by atoms with Crippen molar-refractivity contribution in [3.63, 3.8) is 0 Å². The lowest BCUT2D eigenvalue weighted by Gasteiger charge is -2.35. The predicted molar refractivity (Wildman–Crippen MR) is 115 cm³/mol. The SMILES string of the molecule is C=C1C(=O)N(CC(N)CC(=O)N2CCN(C)CC2)c2ccccc2/C1=N/NCC. The van der Waals surface area contributed by atoms with E-state index in [4.69, 9.17) is 5.73 Å². The first kappa shape index (κ1) is 21.0. The number of nitrogens with zero attached hydrogens (tertiary/aromatic N) is 4. The molecule has 1 fully saturated rings. The van der Waals surface area contributed by atoms with Crippen molar-refractivity contribution < 1.29 is 9.59 Å². The number of hydrogen-bond donors (Lipinski definition) is 2. The van der Waals surface area contributed by atoms with Crippen LogP contribution < -0.4 is 16.1 Å². The van der Waals surface area contributed by atoms with E-state index >= 15 is 0 Å². The summed E-state index contributed by atoms with van der Waals surface area (Å²) in [4.78, 5) is 31.2. The molecule has 0 radical (unpaired) electrons. The summed E-state index contributed by atoms with van der Waals surface area (Å²) in [6.07, 6.45) is 0.209. The van der Waals surface area contributed by atoms with Gasteiger partial charge in [-0.3, -0.25) is 9.59 Å². The predicted octanol–water partition coefficient (Wildman–Crippen LogP) is 0.394. The van der Waals surface area contributed by atoms with Crippen LogP contribution in [-0.2, 0) is 9.59 Å². The summed E-state index contributed by atoms with van der Waals surface area (Å²) < 4.78 is 0. The van der Waals surface area contributed by atoms with Crippen molar-refractivity contribution in [3.05, 3.63) is 42.0 Å². The van der Waals surface area contributed by atoms with Gasteiger partial charge in [-0.25, -0.2) is 0 Å². The van der Waals surface area contributed by atoms with Crippen molar-refractivity contribution in [2.75, 3.05) is 51.2 Å². The monoisotopic (exact) mass is 398 g/mol. The molecule has 1 saturated heterocycles. The third-order valence-corrected chi connectivity index (χ3v) is 5.30. The number of likely N-dealkylation sites (N-methyl/N-ethyl adjacent to an activating group) is 1. The topological polar surface area (TPSA) is 94.3 Å². The number of rotatable bonds is 6. The number of para-hydroxylation sites is 1. The van der Waals surface area contributed by atoms with E-state index in [1.807, 2.05) is 43.1 Å². The van der Waals surface area contributed by atoms with Gasteiger partial charge in [0.1, 0.15) is 5.71 Å². The molecule has 3 rings (SSSR count). The average Bonchev–Trinajstić information content (AvgIpc) is 2.71. The first-order valence-electron chi connectivity index (χ1n) is 10.0. The van der Waals surface area contributed by atoms with Crippen molar-refractivity contribution in [1.29, 1.82) is 0 Å². The summed E-state index contributed by atoms with van der Waals surface area (Å²) >= 11 is 0. The Kier molecular flexibility index (Phi) is 6.66. The zero-order chi connectivity index (χ0) is 21.0. The number of nitrogens with two attached hydrogens (primary N) is 1. The fourth-order valence-electron chi connectivity index (χ4n) is 3.62. The minimum Gasteiger partial charge on any atom is -0.340 e. The quantitative estimate of drug-likeness (QED) is 0.534. The Morgan fingerprint density at radius 1 is 1.28 bits per heavy atom. The zero-order valence-electron chi connectivity index (χ0n) is 17.2. The lowest BCUT2D eigenvalue weighted by molar-refractivity contribution is -0.133. The van der Waals surface area contributed by atoms with Crippen molar-refractivity contribution in [1.82, 2.24) is 15.2 Å². The summed E-state index contributed by atoms with van der Waals surface area (Å²) in [7, 11) is 2.05. The minimum absolute atomic E-state index is 0.0385. The highest BCUT2D eigenvalue weighted by Crippen LogP contribution is 2.30. The summed E-state index contributed by atoms with van der Waals surface area (Å²) in [6, 6.07) is 7.10. The van der Waals surface area contributed by atoms with Gasteiger partial charge in [-0.05, 0) is 20.0 Å². The standard InChI is InChI=1S/C21H30N6O2/c1-4-23-24-20-15(2)21(29)27(18-8-6-5-7-17(18)20)14-16(22)13-19(28)26-11-9-25(3)10-12-26/h5-8,16,23H,2,4,9-14,22H2,1,3H3/b24-20+. The number of anilines is 1. The highest BCUT2D eigenvalue weighted by atomic mass is 16.2. The van der Waals surface area contributed by atoms with Crippen LogP contribution in [0.2, 0.25) is 0 Å². The molecule has 0 saturated carbocycles. The molecule has 3 N–H and O–H groups in total. The number of amides is 2. The molecule has 2 amide bonds. The van der Waals surface area contributed by atoms with Crippen LogP contribution in [0.3, 0.4) is 0 Å². The normalized spacial score (nSPS) is 20.0. The second-order valence-electron chi connectivity index (χ2n) is 7.53. The van der Waals surface area contributed by atoms with Gasteiger partial charge in [0.05, 0.1) is 11.3 Å². The fourth-order valence-corrected chi connectivity index (χ4v) is 3.62. The van der Waals surface area contributed by atoms with Gasteiger partial charge in [-0.1, -0.05) is 24.8 Å². The molecular formula is C21H30N6O2. The Balaban J connectivity index is 1.73. The molecule has 2 aliphatic heterocycles. The van der Waals surface area contributed by atoms with E-state index in [1.165, 1.54) is 0 Å². The molecule has 156 valence electrons. The van der Waals surface area contributed by atoms with Crippen LogP contribution >= 0.6 is 0 Å². The molecule has 0 spiro atoms. The largest absolute Gasteiger partial charge is 0.340 e. The number of carbonyl (C=O) groups excluding carboxylic acids is 2. The molecule has 1 aromatic rings. The molecule has 1 atom stereocenters. The van der Waals surface area contributed by atoms with Crippen LogP contribution in [-0.4, -0.2) is 79.7 Å². The zero-order valence-corrected chi connectivity index (χ0v) is 17.2. The fraction of sp³-hybridized carbons (Fsp3) is 0.476. The summed E-state index contributed by atoms with van der Waals surface area (Å²) in [5.74, 6) is -0.195. The number of carbonyl (C=O) groups is 2. The number of hydrazone groups is 1. The van der Waals surface area contributed by atoms with Crippen LogP contribution in [0.1, 0.15) is 18.9 Å². The van der Waals surface area contributed by atoms with Gasteiger partial charge in [0.2, 0.25) is 5.91 Å². The molecular weight excluding hydrogens is 368 g/mol. The van der Waals surface area contributed by atoms with Crippen LogP contribution in [0.4, 0.5) is 5.69 Å². The number of piperazine rings is 1. The maximum absolute atomic E-state index is 13.0. The van der Waals surface area contributed by atoms with E-state index in [-0.39, 0.29) is 24.8 Å². The Morgan fingerprint density at radius 2 is 1.97 bits per heavy atom. The van der Waals surface area contributed by atoms with Crippen LogP contribution in [0, 0.1) is 0 Å². The number of fused-ring (bicyclic) bond motifs is 1. The van der Waals surface area contributed by atoms with E-state index in [2.05, 4.69) is 22.0 Å². The summed E-state index contributed by atoms with van der Waals surface area (Å²) in [6.45, 7) is 9.95. The molecule has 0 aromatic heterocycles. The van der Waals surface area contributed by atoms with E-state index in [0.29, 0.717) is 30.9 Å². The van der Waals surface area contributed by atoms with Crippen molar-refractivity contribution in [2.24, 2.45) is 10.8 Å². The third kappa shape index (κ3) is 4.65. The van der Waals surface area contributed by atoms with Gasteiger partial charge in [0, 0.05) is 57.3 Å². The number of nitrogens with one attached hydrogen (secondary N) is 1. The highest BCUT2D eigenvalue weighted by molar-refractivity contribution is 6.36. The second kappa shape index (κ2) is 9.19. The second-order valence-corrected chi connectivity index (χ2v) is 7.53. The molecule has 8 nitrogen and oxygen atoms in total. The summed E-state index contributed by atoms with van der Waals surface area (Å²) in [5, 5.41) is 4.33. The number of benzene rings is 1. The van der Waals surface area contributed by atoms with Crippen molar-refractivity contribution >= 4 is 23.2 Å². The van der Waals surface area contributed by atoms with E-state index in [9.17, 15) is 9.59 Å². The molecule has 2 heterocycles. The van der Waals surface area contributed by atoms with Gasteiger partial charge >= 0.3 is 0 Å². The molecule has 1 unspecified atom stereocenters. The Labute approximate surface area is 172 Å². The van der Waals surface area contributed by atoms with Crippen LogP contribution in [0.15, 0.2) is 41.5 Å². The van der Waals surface area contributed by atoms with E-state index in [1.54, 1.807) is 4.90 Å². The molecule has 0 bridgehead atoms. The van der Waals surface area contributed by atoms with Crippen LogP contribution in [0.25, 0.3) is 0 Å². The van der Waals surface area contributed by atoms with Crippen LogP contribution in [0.5, 0.6) is 0 Å². The Morgan fingerprint density at radius 3 is 2.66 bits per heavy atom. The minimum atomic E-state index is -0.459. The Bertz CT molecular complexity index is 813. The highest BCUT2D eigenvalue weighted by Gasteiger charge is 2.33. The molecule has 29 heavy (non-hydrogen) atoms. The van der Waals surface area contributed by atoms with Crippen molar-refractivity contribution in [3.8, 4) is 0 Å². The third-order valence-electron chi connectivity index (χ3n) is 5.30. The van der Waals surface area contributed by atoms with Gasteiger partial charge in [-0.2, -0.15) is 5.10 Å². The number of hydrogen-bond acceptors (Lipinski definition) is 6. The van der Waals surface area contributed by atoms with E-state index < -0.39 is 6.04 Å². The summed E-state index contributed by atoms with van der Waals surface area (Å²) in [5.41, 5.74) is 11.6. The van der Waals surface area contributed by atoms with Gasteiger partial charge < -0.3 is 25.9 Å². The van der Waals surface area contributed by atoms with Crippen molar-refractivity contribution in [2.45, 2.75) is 19.4 Å². The van der Waals surface area contributed by atoms with Gasteiger partial charge in [-0.15, -0.1) is 0 Å². The maximum atomic E-state index is 13.0. The molecule has 2 aliphatic rings. The van der Waals surface area contributed by atoms with Gasteiger partial charge in [0.25, 0.3) is 5.91 Å².